The molecule has 1 saturated heterocycles. The third-order valence-electron chi connectivity index (χ3n) is 5.67. The fraction of sp³-hybridized carbons (Fsp3) is 0.364. The Labute approximate surface area is 186 Å². The van der Waals surface area contributed by atoms with Gasteiger partial charge in [-0.25, -0.2) is 13.2 Å². The number of esters is 1. The van der Waals surface area contributed by atoms with Crippen molar-refractivity contribution < 1.29 is 22.7 Å². The molecule has 31 heavy (non-hydrogen) atoms. The first-order chi connectivity index (χ1) is 14.9. The Bertz CT molecular complexity index is 1110. The number of ether oxygens (including phenoxy) is 1. The molecule has 0 N–H and O–H groups in total. The second kappa shape index (κ2) is 8.98. The zero-order valence-corrected chi connectivity index (χ0v) is 18.5. The van der Waals surface area contributed by atoms with Crippen LogP contribution in [0.5, 0.6) is 0 Å². The maximum atomic E-state index is 12.8. The van der Waals surface area contributed by atoms with Crippen molar-refractivity contribution >= 4 is 33.5 Å². The molecule has 0 atom stereocenters. The van der Waals surface area contributed by atoms with Crippen molar-refractivity contribution in [2.45, 2.75) is 30.7 Å². The Morgan fingerprint density at radius 1 is 1.00 bits per heavy atom. The number of hydrogen-bond acceptors (Lipinski definition) is 5. The van der Waals surface area contributed by atoms with Crippen molar-refractivity contribution in [1.29, 1.82) is 0 Å². The summed E-state index contributed by atoms with van der Waals surface area (Å²) in [5, 5.41) is 0.0738. The van der Waals surface area contributed by atoms with Gasteiger partial charge in [0.15, 0.2) is 6.61 Å². The van der Waals surface area contributed by atoms with E-state index >= 15 is 0 Å². The van der Waals surface area contributed by atoms with Crippen LogP contribution in [0, 0.1) is 0 Å². The fourth-order valence-corrected chi connectivity index (χ4v) is 5.64. The molecular weight excluding hydrogens is 440 g/mol. The van der Waals surface area contributed by atoms with Crippen LogP contribution in [-0.2, 0) is 32.5 Å². The minimum Gasteiger partial charge on any atom is -0.452 e. The van der Waals surface area contributed by atoms with E-state index in [1.807, 2.05) is 24.3 Å². The summed E-state index contributed by atoms with van der Waals surface area (Å²) in [6.45, 7) is 1.51. The lowest BCUT2D eigenvalue weighted by atomic mass is 10.00. The van der Waals surface area contributed by atoms with E-state index in [9.17, 15) is 18.0 Å². The minimum absolute atomic E-state index is 0.00952. The summed E-state index contributed by atoms with van der Waals surface area (Å²) in [5.74, 6) is -1.13. The topological polar surface area (TPSA) is 84.0 Å². The summed E-state index contributed by atoms with van der Waals surface area (Å²) in [4.78, 5) is 26.7. The number of rotatable bonds is 5. The lowest BCUT2D eigenvalue weighted by Gasteiger charge is -2.28. The molecule has 7 nitrogen and oxygen atoms in total. The van der Waals surface area contributed by atoms with E-state index in [1.165, 1.54) is 28.1 Å². The monoisotopic (exact) mass is 462 g/mol. The Kier molecular flexibility index (Phi) is 6.31. The molecular formula is C22H23ClN2O5S. The Hall–Kier alpha value is -2.42. The molecule has 2 aromatic rings. The van der Waals surface area contributed by atoms with Crippen molar-refractivity contribution in [2.24, 2.45) is 0 Å². The summed E-state index contributed by atoms with van der Waals surface area (Å²) >= 11 is 6.12. The van der Waals surface area contributed by atoms with Crippen LogP contribution in [0.1, 0.15) is 34.3 Å². The van der Waals surface area contributed by atoms with Gasteiger partial charge in [0.05, 0.1) is 15.5 Å². The maximum Gasteiger partial charge on any atom is 0.340 e. The second-order valence-corrected chi connectivity index (χ2v) is 10.0. The molecule has 0 spiro atoms. The van der Waals surface area contributed by atoms with Gasteiger partial charge in [0, 0.05) is 26.2 Å². The van der Waals surface area contributed by atoms with Crippen LogP contribution < -0.4 is 0 Å². The van der Waals surface area contributed by atoms with Crippen LogP contribution in [-0.4, -0.2) is 55.7 Å². The lowest BCUT2D eigenvalue weighted by molar-refractivity contribution is -0.135. The van der Waals surface area contributed by atoms with Crippen molar-refractivity contribution in [1.82, 2.24) is 9.21 Å². The molecule has 2 aliphatic rings. The van der Waals surface area contributed by atoms with E-state index in [-0.39, 0.29) is 21.4 Å². The van der Waals surface area contributed by atoms with Crippen LogP contribution in [0.15, 0.2) is 47.4 Å². The average molecular weight is 463 g/mol. The molecule has 0 aliphatic carbocycles. The van der Waals surface area contributed by atoms with Crippen LogP contribution >= 0.6 is 11.6 Å². The molecule has 0 bridgehead atoms. The highest BCUT2D eigenvalue weighted by Gasteiger charge is 2.29. The number of carbonyl (C=O) groups is 2. The predicted octanol–water partition coefficient (Wildman–Crippen LogP) is 2.87. The molecule has 0 aromatic heterocycles. The van der Waals surface area contributed by atoms with Crippen LogP contribution in [0.25, 0.3) is 0 Å². The van der Waals surface area contributed by atoms with Crippen molar-refractivity contribution in [3.63, 3.8) is 0 Å². The second-order valence-electron chi connectivity index (χ2n) is 7.66. The summed E-state index contributed by atoms with van der Waals surface area (Å²) in [5.41, 5.74) is 2.22. The van der Waals surface area contributed by atoms with Crippen molar-refractivity contribution in [3.8, 4) is 0 Å². The predicted molar refractivity (Wildman–Crippen MR) is 115 cm³/mol. The summed E-state index contributed by atoms with van der Waals surface area (Å²) in [6.07, 6.45) is 2.37. The number of hydrogen-bond donors (Lipinski definition) is 0. The van der Waals surface area contributed by atoms with Gasteiger partial charge in [-0.15, -0.1) is 0 Å². The molecule has 0 radical (unpaired) electrons. The molecule has 0 unspecified atom stereocenters. The van der Waals surface area contributed by atoms with Gasteiger partial charge in [-0.2, -0.15) is 4.31 Å². The molecule has 0 saturated carbocycles. The normalized spacial score (nSPS) is 16.7. The third kappa shape index (κ3) is 4.61. The van der Waals surface area contributed by atoms with E-state index in [4.69, 9.17) is 16.3 Å². The molecule has 1 fully saturated rings. The highest BCUT2D eigenvalue weighted by Crippen LogP contribution is 2.26. The number of amides is 1. The van der Waals surface area contributed by atoms with E-state index in [0.717, 1.165) is 24.8 Å². The number of sulfonamides is 1. The smallest absolute Gasteiger partial charge is 0.340 e. The molecule has 4 rings (SSSR count). The molecule has 9 heteroatoms. The number of nitrogens with zero attached hydrogens (tertiary/aromatic N) is 2. The van der Waals surface area contributed by atoms with Crippen LogP contribution in [0.2, 0.25) is 5.02 Å². The van der Waals surface area contributed by atoms with Crippen LogP contribution in [0.3, 0.4) is 0 Å². The number of benzene rings is 2. The first kappa shape index (κ1) is 21.8. The van der Waals surface area contributed by atoms with Gasteiger partial charge in [-0.3, -0.25) is 4.79 Å². The summed E-state index contributed by atoms with van der Waals surface area (Å²) in [6, 6.07) is 11.9. The molecule has 1 amide bonds. The average Bonchev–Trinajstić information content (AvgIpc) is 3.33. The van der Waals surface area contributed by atoms with Gasteiger partial charge in [-0.1, -0.05) is 35.9 Å². The van der Waals surface area contributed by atoms with Crippen molar-refractivity contribution in [3.05, 3.63) is 64.2 Å². The largest absolute Gasteiger partial charge is 0.452 e. The quantitative estimate of drug-likeness (QED) is 0.638. The minimum atomic E-state index is -3.70. The lowest BCUT2D eigenvalue weighted by Crippen LogP contribution is -2.38. The third-order valence-corrected chi connectivity index (χ3v) is 7.89. The molecule has 2 aromatic carbocycles. The zero-order valence-electron chi connectivity index (χ0n) is 16.9. The van der Waals surface area contributed by atoms with E-state index in [0.29, 0.717) is 26.2 Å². The highest BCUT2D eigenvalue weighted by molar-refractivity contribution is 7.89. The van der Waals surface area contributed by atoms with Gasteiger partial charge in [0.25, 0.3) is 5.91 Å². The number of carbonyl (C=O) groups excluding carboxylic acids is 2. The molecule has 164 valence electrons. The van der Waals surface area contributed by atoms with E-state index < -0.39 is 22.6 Å². The molecule has 2 aliphatic heterocycles. The highest BCUT2D eigenvalue weighted by atomic mass is 35.5. The van der Waals surface area contributed by atoms with E-state index in [1.54, 1.807) is 4.90 Å². The Morgan fingerprint density at radius 2 is 1.71 bits per heavy atom. The first-order valence-electron chi connectivity index (χ1n) is 10.2. The number of halogens is 1. The standard InChI is InChI=1S/C22H23ClN2O5S/c23-20-8-7-18(31(28,29)25-10-3-4-11-25)13-19(20)22(27)30-15-21(26)24-12-9-16-5-1-2-6-17(16)14-24/h1-2,5-8,13H,3-4,9-12,14-15H2. The number of fused-ring (bicyclic) bond motifs is 1. The van der Waals surface area contributed by atoms with Gasteiger partial charge >= 0.3 is 5.97 Å². The Balaban J connectivity index is 1.42. The molecule has 2 heterocycles. The summed E-state index contributed by atoms with van der Waals surface area (Å²) < 4.78 is 32.1. The fourth-order valence-electron chi connectivity index (χ4n) is 3.90. The van der Waals surface area contributed by atoms with Crippen molar-refractivity contribution in [2.75, 3.05) is 26.2 Å². The van der Waals surface area contributed by atoms with E-state index in [2.05, 4.69) is 0 Å². The van der Waals surface area contributed by atoms with Gasteiger partial charge < -0.3 is 9.64 Å². The first-order valence-corrected chi connectivity index (χ1v) is 12.0. The zero-order chi connectivity index (χ0) is 22.0. The van der Waals surface area contributed by atoms with Gasteiger partial charge in [0.2, 0.25) is 10.0 Å². The summed E-state index contributed by atoms with van der Waals surface area (Å²) in [7, 11) is -3.70. The van der Waals surface area contributed by atoms with Crippen LogP contribution in [0.4, 0.5) is 0 Å². The SMILES string of the molecule is O=C(OCC(=O)N1CCc2ccccc2C1)c1cc(S(=O)(=O)N2CCCC2)ccc1Cl. The Morgan fingerprint density at radius 3 is 2.45 bits per heavy atom. The van der Waals surface area contributed by atoms with Gasteiger partial charge in [0.1, 0.15) is 0 Å². The van der Waals surface area contributed by atoms with Gasteiger partial charge in [-0.05, 0) is 48.6 Å². The maximum absolute atomic E-state index is 12.8.